The number of nitriles is 1. The molecular weight excluding hydrogens is 248 g/mol. The van der Waals surface area contributed by atoms with E-state index in [1.807, 2.05) is 0 Å². The van der Waals surface area contributed by atoms with Crippen LogP contribution in [-0.2, 0) is 4.74 Å². The lowest BCUT2D eigenvalue weighted by Gasteiger charge is -2.39. The van der Waals surface area contributed by atoms with Gasteiger partial charge in [-0.05, 0) is 50.0 Å². The van der Waals surface area contributed by atoms with Gasteiger partial charge in [-0.15, -0.1) is 0 Å². The zero-order chi connectivity index (χ0) is 14.8. The summed E-state index contributed by atoms with van der Waals surface area (Å²) in [6, 6.07) is 2.48. The number of rotatable bonds is 4. The fourth-order valence-electron chi connectivity index (χ4n) is 4.39. The first kappa shape index (κ1) is 15.8. The third kappa shape index (κ3) is 3.74. The highest BCUT2D eigenvalue weighted by Gasteiger charge is 2.41. The molecule has 0 aliphatic heterocycles. The summed E-state index contributed by atoms with van der Waals surface area (Å²) in [6.45, 7) is 9.97. The van der Waals surface area contributed by atoms with Crippen molar-refractivity contribution in [3.05, 3.63) is 0 Å². The Bertz CT molecular complexity index is 374. The van der Waals surface area contributed by atoms with Crippen molar-refractivity contribution in [3.8, 4) is 6.07 Å². The van der Waals surface area contributed by atoms with Crippen LogP contribution in [0.1, 0.15) is 66.2 Å². The minimum Gasteiger partial charge on any atom is -0.375 e. The lowest BCUT2D eigenvalue weighted by molar-refractivity contribution is -0.0637. The van der Waals surface area contributed by atoms with Crippen molar-refractivity contribution in [2.75, 3.05) is 6.54 Å². The van der Waals surface area contributed by atoms with Gasteiger partial charge in [0, 0.05) is 6.42 Å². The van der Waals surface area contributed by atoms with Crippen LogP contribution < -0.4 is 5.32 Å². The Balaban J connectivity index is 1.90. The molecular formula is C17H30N2O. The van der Waals surface area contributed by atoms with Gasteiger partial charge in [0.05, 0.1) is 18.3 Å². The lowest BCUT2D eigenvalue weighted by atomic mass is 9.71. The monoisotopic (exact) mass is 278 g/mol. The van der Waals surface area contributed by atoms with Crippen LogP contribution in [0, 0.1) is 22.7 Å². The van der Waals surface area contributed by atoms with E-state index < -0.39 is 0 Å². The van der Waals surface area contributed by atoms with Gasteiger partial charge in [-0.1, -0.05) is 27.7 Å². The zero-order valence-electron chi connectivity index (χ0n) is 13.5. The molecule has 3 nitrogen and oxygen atoms in total. The maximum Gasteiger partial charge on any atom is 0.109 e. The molecule has 2 aliphatic carbocycles. The SMILES string of the molecule is CCNC1(C#N)CCC(OC2CC(C)CC(C)(C)C2)C1. The molecule has 1 N–H and O–H groups in total. The van der Waals surface area contributed by atoms with Gasteiger partial charge in [0.25, 0.3) is 0 Å². The molecule has 0 aromatic rings. The van der Waals surface area contributed by atoms with E-state index >= 15 is 0 Å². The van der Waals surface area contributed by atoms with Crippen LogP contribution in [0.15, 0.2) is 0 Å². The van der Waals surface area contributed by atoms with Crippen LogP contribution in [0.5, 0.6) is 0 Å². The number of nitrogens with zero attached hydrogens (tertiary/aromatic N) is 1. The van der Waals surface area contributed by atoms with Gasteiger partial charge >= 0.3 is 0 Å². The zero-order valence-corrected chi connectivity index (χ0v) is 13.5. The van der Waals surface area contributed by atoms with Crippen LogP contribution in [0.3, 0.4) is 0 Å². The number of hydrogen-bond acceptors (Lipinski definition) is 3. The second kappa shape index (κ2) is 6.03. The number of nitrogens with one attached hydrogen (secondary N) is 1. The van der Waals surface area contributed by atoms with Crippen LogP contribution in [0.25, 0.3) is 0 Å². The molecule has 2 rings (SSSR count). The minimum absolute atomic E-state index is 0.264. The Morgan fingerprint density at radius 3 is 2.60 bits per heavy atom. The Hall–Kier alpha value is -0.590. The molecule has 2 fully saturated rings. The minimum atomic E-state index is -0.338. The largest absolute Gasteiger partial charge is 0.375 e. The van der Waals surface area contributed by atoms with Crippen molar-refractivity contribution in [1.29, 1.82) is 5.26 Å². The van der Waals surface area contributed by atoms with Crippen molar-refractivity contribution >= 4 is 0 Å². The molecule has 2 saturated carbocycles. The Kier molecular flexibility index (Phi) is 4.76. The standard InChI is InChI=1S/C17H30N2O/c1-5-19-17(12-18)7-6-14(11-17)20-15-8-13(2)9-16(3,4)10-15/h13-15,19H,5-11H2,1-4H3. The van der Waals surface area contributed by atoms with Gasteiger partial charge in [0.1, 0.15) is 5.54 Å². The average molecular weight is 278 g/mol. The Morgan fingerprint density at radius 1 is 1.25 bits per heavy atom. The molecule has 0 spiro atoms. The van der Waals surface area contributed by atoms with Gasteiger partial charge in [0.15, 0.2) is 0 Å². The molecule has 0 aromatic heterocycles. The topological polar surface area (TPSA) is 45.0 Å². The molecule has 114 valence electrons. The molecule has 3 heteroatoms. The molecule has 0 amide bonds. The van der Waals surface area contributed by atoms with Crippen LogP contribution >= 0.6 is 0 Å². The van der Waals surface area contributed by atoms with E-state index in [0.29, 0.717) is 11.5 Å². The molecule has 0 bridgehead atoms. The van der Waals surface area contributed by atoms with Crippen molar-refractivity contribution in [3.63, 3.8) is 0 Å². The number of ether oxygens (including phenoxy) is 1. The quantitative estimate of drug-likeness (QED) is 0.854. The Labute approximate surface area is 124 Å². The Morgan fingerprint density at radius 2 is 2.00 bits per heavy atom. The highest BCUT2D eigenvalue weighted by molar-refractivity contribution is 5.12. The van der Waals surface area contributed by atoms with E-state index in [9.17, 15) is 5.26 Å². The number of hydrogen-bond donors (Lipinski definition) is 1. The van der Waals surface area contributed by atoms with Crippen molar-refractivity contribution < 1.29 is 4.74 Å². The van der Waals surface area contributed by atoms with E-state index in [2.05, 4.69) is 39.1 Å². The predicted molar refractivity (Wildman–Crippen MR) is 81.3 cm³/mol. The van der Waals surface area contributed by atoms with Crippen LogP contribution in [-0.4, -0.2) is 24.3 Å². The van der Waals surface area contributed by atoms with E-state index in [-0.39, 0.29) is 11.6 Å². The third-order valence-electron chi connectivity index (χ3n) is 4.93. The first-order chi connectivity index (χ1) is 9.38. The molecule has 4 atom stereocenters. The van der Waals surface area contributed by atoms with Gasteiger partial charge in [-0.25, -0.2) is 0 Å². The second-order valence-electron chi connectivity index (χ2n) is 7.76. The normalized spacial score (nSPS) is 40.5. The summed E-state index contributed by atoms with van der Waals surface area (Å²) in [6.07, 6.45) is 7.09. The predicted octanol–water partition coefficient (Wildman–Crippen LogP) is 3.64. The van der Waals surface area contributed by atoms with E-state index in [4.69, 9.17) is 4.74 Å². The summed E-state index contributed by atoms with van der Waals surface area (Å²) in [4.78, 5) is 0. The van der Waals surface area contributed by atoms with Crippen molar-refractivity contribution in [2.24, 2.45) is 11.3 Å². The summed E-state index contributed by atoms with van der Waals surface area (Å²) >= 11 is 0. The fraction of sp³-hybridized carbons (Fsp3) is 0.941. The summed E-state index contributed by atoms with van der Waals surface area (Å²) in [7, 11) is 0. The third-order valence-corrected chi connectivity index (χ3v) is 4.93. The van der Waals surface area contributed by atoms with Crippen LogP contribution in [0.4, 0.5) is 0 Å². The molecule has 2 aliphatic rings. The molecule has 0 saturated heterocycles. The van der Waals surface area contributed by atoms with Gasteiger partial charge in [0.2, 0.25) is 0 Å². The second-order valence-corrected chi connectivity index (χ2v) is 7.76. The first-order valence-electron chi connectivity index (χ1n) is 8.20. The maximum atomic E-state index is 9.43. The van der Waals surface area contributed by atoms with E-state index in [1.54, 1.807) is 0 Å². The van der Waals surface area contributed by atoms with Crippen molar-refractivity contribution in [1.82, 2.24) is 5.32 Å². The lowest BCUT2D eigenvalue weighted by Crippen LogP contribution is -2.42. The fourth-order valence-corrected chi connectivity index (χ4v) is 4.39. The van der Waals surface area contributed by atoms with Crippen LogP contribution in [0.2, 0.25) is 0 Å². The summed E-state index contributed by atoms with van der Waals surface area (Å²) in [5, 5.41) is 12.8. The smallest absolute Gasteiger partial charge is 0.109 e. The first-order valence-corrected chi connectivity index (χ1v) is 8.20. The summed E-state index contributed by atoms with van der Waals surface area (Å²) in [5.41, 5.74) is 0.0597. The van der Waals surface area contributed by atoms with E-state index in [1.165, 1.54) is 12.8 Å². The summed E-state index contributed by atoms with van der Waals surface area (Å²) < 4.78 is 6.37. The van der Waals surface area contributed by atoms with E-state index in [0.717, 1.165) is 38.1 Å². The van der Waals surface area contributed by atoms with Gasteiger partial charge in [-0.3, -0.25) is 5.32 Å². The molecule has 0 heterocycles. The highest BCUT2D eigenvalue weighted by Crippen LogP contribution is 2.41. The summed E-state index contributed by atoms with van der Waals surface area (Å²) in [5.74, 6) is 0.750. The van der Waals surface area contributed by atoms with Gasteiger partial charge in [-0.2, -0.15) is 5.26 Å². The molecule has 4 unspecified atom stereocenters. The van der Waals surface area contributed by atoms with Crippen molar-refractivity contribution in [2.45, 2.75) is 84.0 Å². The molecule has 20 heavy (non-hydrogen) atoms. The highest BCUT2D eigenvalue weighted by atomic mass is 16.5. The van der Waals surface area contributed by atoms with Gasteiger partial charge < -0.3 is 4.74 Å². The average Bonchev–Trinajstić information content (AvgIpc) is 2.71. The molecule has 0 radical (unpaired) electrons. The molecule has 0 aromatic carbocycles. The maximum absolute atomic E-state index is 9.43.